The Morgan fingerprint density at radius 2 is 1.93 bits per heavy atom. The molecule has 0 saturated heterocycles. The lowest BCUT2D eigenvalue weighted by molar-refractivity contribution is -0.139. The average Bonchev–Trinajstić information content (AvgIpc) is 2.67. The first-order valence-corrected chi connectivity index (χ1v) is 8.16. The lowest BCUT2D eigenvalue weighted by Crippen LogP contribution is -2.39. The van der Waals surface area contributed by atoms with Gasteiger partial charge in [-0.2, -0.15) is 5.10 Å². The molecule has 0 heterocycles. The van der Waals surface area contributed by atoms with Crippen LogP contribution in [-0.4, -0.2) is 38.3 Å². The molecule has 27 heavy (non-hydrogen) atoms. The van der Waals surface area contributed by atoms with E-state index in [1.807, 2.05) is 0 Å². The summed E-state index contributed by atoms with van der Waals surface area (Å²) >= 11 is 0. The topological polar surface area (TPSA) is 89.0 Å². The summed E-state index contributed by atoms with van der Waals surface area (Å²) in [5, 5.41) is 6.11. The summed E-state index contributed by atoms with van der Waals surface area (Å²) in [4.78, 5) is 22.9. The van der Waals surface area contributed by atoms with Crippen molar-refractivity contribution in [2.75, 3.05) is 20.3 Å². The number of nitrogens with one attached hydrogen (secondary N) is 2. The van der Waals surface area contributed by atoms with Gasteiger partial charge < -0.3 is 14.8 Å². The monoisotopic (exact) mass is 373 g/mol. The Morgan fingerprint density at radius 3 is 2.63 bits per heavy atom. The molecule has 2 amide bonds. The van der Waals surface area contributed by atoms with Crippen LogP contribution in [0.3, 0.4) is 0 Å². The molecule has 142 valence electrons. The van der Waals surface area contributed by atoms with Crippen LogP contribution in [0.2, 0.25) is 0 Å². The highest BCUT2D eigenvalue weighted by Crippen LogP contribution is 2.14. The van der Waals surface area contributed by atoms with E-state index in [2.05, 4.69) is 15.8 Å². The van der Waals surface area contributed by atoms with Crippen LogP contribution in [-0.2, 0) is 20.9 Å². The van der Waals surface area contributed by atoms with E-state index >= 15 is 0 Å². The van der Waals surface area contributed by atoms with Crippen LogP contribution in [0.25, 0.3) is 0 Å². The molecular weight excluding hydrogens is 353 g/mol. The highest BCUT2D eigenvalue weighted by Gasteiger charge is 2.11. The fourth-order valence-electron chi connectivity index (χ4n) is 2.01. The van der Waals surface area contributed by atoms with E-state index < -0.39 is 11.8 Å². The first-order valence-electron chi connectivity index (χ1n) is 8.16. The maximum Gasteiger partial charge on any atom is 0.329 e. The van der Waals surface area contributed by atoms with Gasteiger partial charge in [-0.1, -0.05) is 12.1 Å². The SMILES string of the molecule is COCCNC(=O)C(=O)N/N=C\c1ccc(OCc2cccc(F)c2)cc1. The van der Waals surface area contributed by atoms with Crippen molar-refractivity contribution in [1.82, 2.24) is 10.7 Å². The Bertz CT molecular complexity index is 794. The van der Waals surface area contributed by atoms with E-state index in [0.717, 1.165) is 5.56 Å². The third kappa shape index (κ3) is 7.25. The summed E-state index contributed by atoms with van der Waals surface area (Å²) in [6.45, 7) is 0.804. The molecule has 0 aliphatic carbocycles. The molecule has 0 unspecified atom stereocenters. The zero-order valence-electron chi connectivity index (χ0n) is 14.8. The van der Waals surface area contributed by atoms with Crippen molar-refractivity contribution < 1.29 is 23.5 Å². The molecule has 0 fully saturated rings. The number of hydrazone groups is 1. The summed E-state index contributed by atoms with van der Waals surface area (Å²) in [7, 11) is 1.49. The van der Waals surface area contributed by atoms with Gasteiger partial charge in [0.1, 0.15) is 18.2 Å². The van der Waals surface area contributed by atoms with E-state index in [1.54, 1.807) is 36.4 Å². The van der Waals surface area contributed by atoms with Crippen LogP contribution in [0, 0.1) is 5.82 Å². The number of methoxy groups -OCH3 is 1. The zero-order chi connectivity index (χ0) is 19.5. The van der Waals surface area contributed by atoms with E-state index in [-0.39, 0.29) is 19.0 Å². The lowest BCUT2D eigenvalue weighted by atomic mass is 10.2. The Morgan fingerprint density at radius 1 is 1.15 bits per heavy atom. The maximum absolute atomic E-state index is 13.1. The van der Waals surface area contributed by atoms with Crippen LogP contribution in [0.15, 0.2) is 53.6 Å². The molecule has 0 spiro atoms. The number of hydrogen-bond acceptors (Lipinski definition) is 5. The van der Waals surface area contributed by atoms with Gasteiger partial charge in [0, 0.05) is 13.7 Å². The Balaban J connectivity index is 1.78. The van der Waals surface area contributed by atoms with Gasteiger partial charge in [-0.3, -0.25) is 9.59 Å². The van der Waals surface area contributed by atoms with Crippen LogP contribution in [0.4, 0.5) is 4.39 Å². The molecule has 2 aromatic carbocycles. The molecule has 0 radical (unpaired) electrons. The second-order valence-electron chi connectivity index (χ2n) is 5.44. The highest BCUT2D eigenvalue weighted by atomic mass is 19.1. The molecule has 2 rings (SSSR count). The molecule has 0 aliphatic heterocycles. The third-order valence-corrected chi connectivity index (χ3v) is 3.35. The van der Waals surface area contributed by atoms with Crippen LogP contribution in [0.1, 0.15) is 11.1 Å². The molecule has 0 saturated carbocycles. The number of rotatable bonds is 8. The van der Waals surface area contributed by atoms with Crippen molar-refractivity contribution in [2.24, 2.45) is 5.10 Å². The van der Waals surface area contributed by atoms with Crippen molar-refractivity contribution in [1.29, 1.82) is 0 Å². The maximum atomic E-state index is 13.1. The number of benzene rings is 2. The van der Waals surface area contributed by atoms with Gasteiger partial charge in [0.25, 0.3) is 0 Å². The Kier molecular flexibility index (Phi) is 7.92. The summed E-state index contributed by atoms with van der Waals surface area (Å²) in [6, 6.07) is 13.1. The second-order valence-corrected chi connectivity index (χ2v) is 5.44. The molecule has 0 atom stereocenters. The lowest BCUT2D eigenvalue weighted by Gasteiger charge is -2.06. The number of ether oxygens (including phenoxy) is 2. The van der Waals surface area contributed by atoms with Gasteiger partial charge in [0.05, 0.1) is 12.8 Å². The minimum absolute atomic E-state index is 0.240. The fourth-order valence-corrected chi connectivity index (χ4v) is 2.01. The van der Waals surface area contributed by atoms with Crippen molar-refractivity contribution in [3.05, 3.63) is 65.5 Å². The molecule has 0 aliphatic rings. The van der Waals surface area contributed by atoms with Crippen molar-refractivity contribution in [3.63, 3.8) is 0 Å². The third-order valence-electron chi connectivity index (χ3n) is 3.35. The van der Waals surface area contributed by atoms with Gasteiger partial charge in [0.15, 0.2) is 0 Å². The van der Waals surface area contributed by atoms with E-state index in [1.165, 1.54) is 25.5 Å². The molecule has 7 nitrogen and oxygen atoms in total. The molecule has 0 aromatic heterocycles. The standard InChI is InChI=1S/C19H20FN3O4/c1-26-10-9-21-18(24)19(25)23-22-12-14-5-7-17(8-6-14)27-13-15-3-2-4-16(20)11-15/h2-8,11-12H,9-10,13H2,1H3,(H,21,24)(H,23,25)/b22-12-. The highest BCUT2D eigenvalue weighted by molar-refractivity contribution is 6.35. The summed E-state index contributed by atoms with van der Waals surface area (Å²) in [5.74, 6) is -1.35. The van der Waals surface area contributed by atoms with Gasteiger partial charge in [-0.25, -0.2) is 9.82 Å². The molecule has 8 heteroatoms. The van der Waals surface area contributed by atoms with Gasteiger partial charge in [0.2, 0.25) is 0 Å². The number of amides is 2. The number of carbonyl (C=O) groups excluding carboxylic acids is 2. The fraction of sp³-hybridized carbons (Fsp3) is 0.211. The molecule has 2 aromatic rings. The first kappa shape index (κ1) is 20.1. The minimum atomic E-state index is -0.864. The minimum Gasteiger partial charge on any atom is -0.489 e. The van der Waals surface area contributed by atoms with E-state index in [9.17, 15) is 14.0 Å². The normalized spacial score (nSPS) is 10.6. The summed E-state index contributed by atoms with van der Waals surface area (Å²) in [6.07, 6.45) is 1.40. The summed E-state index contributed by atoms with van der Waals surface area (Å²) < 4.78 is 23.5. The number of carbonyl (C=O) groups is 2. The number of nitrogens with zero attached hydrogens (tertiary/aromatic N) is 1. The van der Waals surface area contributed by atoms with Crippen molar-refractivity contribution in [2.45, 2.75) is 6.61 Å². The Labute approximate surface area is 156 Å². The molecule has 2 N–H and O–H groups in total. The van der Waals surface area contributed by atoms with Gasteiger partial charge in [-0.15, -0.1) is 0 Å². The quantitative estimate of drug-likeness (QED) is 0.318. The van der Waals surface area contributed by atoms with E-state index in [4.69, 9.17) is 9.47 Å². The molecule has 0 bridgehead atoms. The molecular formula is C19H20FN3O4. The van der Waals surface area contributed by atoms with Crippen LogP contribution >= 0.6 is 0 Å². The average molecular weight is 373 g/mol. The smallest absolute Gasteiger partial charge is 0.329 e. The second kappa shape index (κ2) is 10.7. The van der Waals surface area contributed by atoms with Crippen molar-refractivity contribution >= 4 is 18.0 Å². The largest absolute Gasteiger partial charge is 0.489 e. The van der Waals surface area contributed by atoms with Crippen molar-refractivity contribution in [3.8, 4) is 5.75 Å². The Hall–Kier alpha value is -3.26. The van der Waals surface area contributed by atoms with Gasteiger partial charge in [-0.05, 0) is 47.5 Å². The summed E-state index contributed by atoms with van der Waals surface area (Å²) in [5.41, 5.74) is 3.57. The number of halogens is 1. The van der Waals surface area contributed by atoms with E-state index in [0.29, 0.717) is 17.9 Å². The van der Waals surface area contributed by atoms with Crippen LogP contribution < -0.4 is 15.5 Å². The zero-order valence-corrected chi connectivity index (χ0v) is 14.8. The van der Waals surface area contributed by atoms with Crippen LogP contribution in [0.5, 0.6) is 5.75 Å². The van der Waals surface area contributed by atoms with Gasteiger partial charge >= 0.3 is 11.8 Å². The number of hydrogen-bond donors (Lipinski definition) is 2. The first-order chi connectivity index (χ1) is 13.1. The predicted molar refractivity (Wildman–Crippen MR) is 97.8 cm³/mol. The predicted octanol–water partition coefficient (Wildman–Crippen LogP) is 1.62.